The topological polar surface area (TPSA) is 78.3 Å². The van der Waals surface area contributed by atoms with Crippen molar-refractivity contribution in [2.75, 3.05) is 18.2 Å². The molecule has 30 heavy (non-hydrogen) atoms. The molecular formula is C22H26N4O3S. The second-order valence-corrected chi connectivity index (χ2v) is 7.95. The summed E-state index contributed by atoms with van der Waals surface area (Å²) in [6.45, 7) is 4.53. The first-order chi connectivity index (χ1) is 14.5. The number of hydrogen-bond acceptors (Lipinski definition) is 6. The van der Waals surface area contributed by atoms with Crippen LogP contribution in [-0.4, -0.2) is 33.5 Å². The maximum absolute atomic E-state index is 12.3. The molecule has 3 aromatic rings. The number of carbonyl (C=O) groups is 1. The van der Waals surface area contributed by atoms with E-state index in [4.69, 9.17) is 9.47 Å². The lowest BCUT2D eigenvalue weighted by molar-refractivity contribution is -0.113. The molecule has 3 rings (SSSR count). The fourth-order valence-corrected chi connectivity index (χ4v) is 3.49. The Kier molecular flexibility index (Phi) is 7.35. The molecule has 0 atom stereocenters. The van der Waals surface area contributed by atoms with E-state index in [1.165, 1.54) is 17.3 Å². The number of ether oxygens (including phenoxy) is 2. The van der Waals surface area contributed by atoms with Gasteiger partial charge in [-0.05, 0) is 35.7 Å². The maximum Gasteiger partial charge on any atom is 0.234 e. The van der Waals surface area contributed by atoms with Gasteiger partial charge in [-0.2, -0.15) is 0 Å². The molecule has 7 nitrogen and oxygen atoms in total. The average molecular weight is 427 g/mol. The molecule has 0 aliphatic carbocycles. The zero-order valence-electron chi connectivity index (χ0n) is 17.6. The van der Waals surface area contributed by atoms with Crippen molar-refractivity contribution < 1.29 is 14.3 Å². The van der Waals surface area contributed by atoms with E-state index >= 15 is 0 Å². The zero-order valence-corrected chi connectivity index (χ0v) is 18.4. The van der Waals surface area contributed by atoms with Crippen molar-refractivity contribution in [2.45, 2.75) is 31.5 Å². The van der Waals surface area contributed by atoms with Crippen LogP contribution in [-0.2, 0) is 18.4 Å². The Bertz CT molecular complexity index is 986. The molecule has 1 heterocycles. The number of aromatic nitrogens is 3. The smallest absolute Gasteiger partial charge is 0.234 e. The van der Waals surface area contributed by atoms with Crippen molar-refractivity contribution in [2.24, 2.45) is 7.05 Å². The Hall–Kier alpha value is -3.00. The number of amides is 1. The van der Waals surface area contributed by atoms with Gasteiger partial charge in [-0.15, -0.1) is 10.2 Å². The summed E-state index contributed by atoms with van der Waals surface area (Å²) in [5.41, 5.74) is 2.03. The van der Waals surface area contributed by atoms with E-state index in [-0.39, 0.29) is 18.3 Å². The quantitative estimate of drug-likeness (QED) is 0.515. The van der Waals surface area contributed by atoms with Crippen LogP contribution < -0.4 is 14.8 Å². The summed E-state index contributed by atoms with van der Waals surface area (Å²) >= 11 is 1.33. The largest absolute Gasteiger partial charge is 0.493 e. The van der Waals surface area contributed by atoms with Gasteiger partial charge >= 0.3 is 0 Å². The van der Waals surface area contributed by atoms with Crippen LogP contribution in [0, 0.1) is 0 Å². The van der Waals surface area contributed by atoms with Gasteiger partial charge in [0.1, 0.15) is 6.61 Å². The molecule has 1 amide bonds. The molecule has 0 aliphatic rings. The predicted octanol–water partition coefficient (Wildman–Crippen LogP) is 4.26. The third-order valence-electron chi connectivity index (χ3n) is 4.54. The average Bonchev–Trinajstić information content (AvgIpc) is 3.10. The summed E-state index contributed by atoms with van der Waals surface area (Å²) < 4.78 is 12.9. The van der Waals surface area contributed by atoms with Gasteiger partial charge in [0.2, 0.25) is 5.91 Å². The van der Waals surface area contributed by atoms with E-state index in [0.717, 1.165) is 5.69 Å². The van der Waals surface area contributed by atoms with Crippen LogP contribution in [0.1, 0.15) is 31.2 Å². The van der Waals surface area contributed by atoms with Gasteiger partial charge in [-0.3, -0.25) is 4.79 Å². The van der Waals surface area contributed by atoms with E-state index in [2.05, 4.69) is 29.4 Å². The minimum atomic E-state index is -0.0906. The number of rotatable bonds is 9. The van der Waals surface area contributed by atoms with Gasteiger partial charge in [-0.25, -0.2) is 0 Å². The van der Waals surface area contributed by atoms with E-state index < -0.39 is 0 Å². The predicted molar refractivity (Wildman–Crippen MR) is 118 cm³/mol. The second kappa shape index (κ2) is 10.2. The molecule has 0 spiro atoms. The highest BCUT2D eigenvalue weighted by Crippen LogP contribution is 2.27. The summed E-state index contributed by atoms with van der Waals surface area (Å²) in [6.07, 6.45) is 0. The van der Waals surface area contributed by atoms with E-state index in [0.29, 0.717) is 28.4 Å². The van der Waals surface area contributed by atoms with Gasteiger partial charge in [0.15, 0.2) is 22.5 Å². The number of nitrogens with zero attached hydrogens (tertiary/aromatic N) is 3. The summed E-state index contributed by atoms with van der Waals surface area (Å²) in [7, 11) is 3.45. The number of nitrogens with one attached hydrogen (secondary N) is 1. The van der Waals surface area contributed by atoms with Crippen molar-refractivity contribution >= 4 is 23.4 Å². The van der Waals surface area contributed by atoms with Crippen LogP contribution in [0.25, 0.3) is 0 Å². The minimum absolute atomic E-state index is 0.0906. The summed E-state index contributed by atoms with van der Waals surface area (Å²) in [6, 6.07) is 15.3. The summed E-state index contributed by atoms with van der Waals surface area (Å²) in [5.74, 6) is 2.57. The van der Waals surface area contributed by atoms with Crippen molar-refractivity contribution in [3.05, 3.63) is 59.9 Å². The fourth-order valence-electron chi connectivity index (χ4n) is 2.76. The van der Waals surface area contributed by atoms with Crippen LogP contribution in [0.15, 0.2) is 53.7 Å². The van der Waals surface area contributed by atoms with Crippen LogP contribution in [0.2, 0.25) is 0 Å². The summed E-state index contributed by atoms with van der Waals surface area (Å²) in [5, 5.41) is 11.9. The third-order valence-corrected chi connectivity index (χ3v) is 5.56. The van der Waals surface area contributed by atoms with Crippen LogP contribution in [0.4, 0.5) is 5.69 Å². The van der Waals surface area contributed by atoms with E-state index in [1.807, 2.05) is 60.1 Å². The highest BCUT2D eigenvalue weighted by atomic mass is 32.2. The van der Waals surface area contributed by atoms with Crippen LogP contribution >= 0.6 is 11.8 Å². The first-order valence-electron chi connectivity index (χ1n) is 9.64. The SMILES string of the molecule is COc1ccccc1OCc1nnc(SCC(=O)Nc2ccc(C(C)C)cc2)n1C. The molecule has 0 fully saturated rings. The van der Waals surface area contributed by atoms with Gasteiger partial charge in [0, 0.05) is 12.7 Å². The zero-order chi connectivity index (χ0) is 21.5. The Morgan fingerprint density at radius 2 is 1.80 bits per heavy atom. The molecule has 8 heteroatoms. The number of anilines is 1. The number of benzene rings is 2. The molecule has 0 saturated heterocycles. The normalized spacial score (nSPS) is 10.8. The van der Waals surface area contributed by atoms with E-state index in [9.17, 15) is 4.79 Å². The molecule has 1 N–H and O–H groups in total. The Morgan fingerprint density at radius 3 is 2.47 bits per heavy atom. The Balaban J connectivity index is 1.52. The first kappa shape index (κ1) is 21.7. The molecule has 0 aliphatic heterocycles. The van der Waals surface area contributed by atoms with Gasteiger partial charge in [-0.1, -0.05) is 49.9 Å². The molecule has 2 aromatic carbocycles. The number of thioether (sulfide) groups is 1. The van der Waals surface area contributed by atoms with Crippen molar-refractivity contribution in [1.29, 1.82) is 0 Å². The van der Waals surface area contributed by atoms with Crippen LogP contribution in [0.3, 0.4) is 0 Å². The lowest BCUT2D eigenvalue weighted by atomic mass is 10.0. The van der Waals surface area contributed by atoms with E-state index in [1.54, 1.807) is 7.11 Å². The van der Waals surface area contributed by atoms with Crippen molar-refractivity contribution in [3.63, 3.8) is 0 Å². The number of hydrogen-bond donors (Lipinski definition) is 1. The molecular weight excluding hydrogens is 400 g/mol. The number of methoxy groups -OCH3 is 1. The lowest BCUT2D eigenvalue weighted by Gasteiger charge is -2.10. The van der Waals surface area contributed by atoms with Gasteiger partial charge in [0.25, 0.3) is 0 Å². The molecule has 1 aromatic heterocycles. The fraction of sp³-hybridized carbons (Fsp3) is 0.318. The number of para-hydroxylation sites is 2. The summed E-state index contributed by atoms with van der Waals surface area (Å²) in [4.78, 5) is 12.3. The van der Waals surface area contributed by atoms with Crippen LogP contribution in [0.5, 0.6) is 11.5 Å². The molecule has 158 valence electrons. The lowest BCUT2D eigenvalue weighted by Crippen LogP contribution is -2.14. The highest BCUT2D eigenvalue weighted by molar-refractivity contribution is 7.99. The van der Waals surface area contributed by atoms with Crippen molar-refractivity contribution in [3.8, 4) is 11.5 Å². The first-order valence-corrected chi connectivity index (χ1v) is 10.6. The Morgan fingerprint density at radius 1 is 1.10 bits per heavy atom. The maximum atomic E-state index is 12.3. The molecule has 0 bridgehead atoms. The van der Waals surface area contributed by atoms with Gasteiger partial charge < -0.3 is 19.4 Å². The monoisotopic (exact) mass is 426 g/mol. The Labute approximate surface area is 180 Å². The molecule has 0 unspecified atom stereocenters. The second-order valence-electron chi connectivity index (χ2n) is 7.01. The highest BCUT2D eigenvalue weighted by Gasteiger charge is 2.13. The molecule has 0 saturated carbocycles. The third kappa shape index (κ3) is 5.54. The number of carbonyl (C=O) groups excluding carboxylic acids is 1. The standard InChI is InChI=1S/C22H26N4O3S/c1-15(2)16-9-11-17(12-10-16)23-21(27)14-30-22-25-24-20(26(22)3)13-29-19-8-6-5-7-18(19)28-4/h5-12,15H,13-14H2,1-4H3,(H,23,27). The minimum Gasteiger partial charge on any atom is -0.493 e. The molecule has 0 radical (unpaired) electrons. The van der Waals surface area contributed by atoms with Gasteiger partial charge in [0.05, 0.1) is 12.9 Å². The van der Waals surface area contributed by atoms with Crippen molar-refractivity contribution in [1.82, 2.24) is 14.8 Å².